The number of aryl methyl sites for hydroxylation is 2. The minimum Gasteiger partial charge on any atom is -0.338 e. The molecule has 0 aliphatic carbocycles. The lowest BCUT2D eigenvalue weighted by Gasteiger charge is -2.15. The molecule has 3 rings (SSSR count). The fourth-order valence-corrected chi connectivity index (χ4v) is 2.61. The summed E-state index contributed by atoms with van der Waals surface area (Å²) in [6.45, 7) is 7.29. The molecular formula is C22H21N7O2. The molecule has 31 heavy (non-hydrogen) atoms. The molecular weight excluding hydrogens is 394 g/mol. The first-order valence-electron chi connectivity index (χ1n) is 9.16. The lowest BCUT2D eigenvalue weighted by Crippen LogP contribution is -2.10. The van der Waals surface area contributed by atoms with Crippen molar-refractivity contribution in [2.45, 2.75) is 13.8 Å². The van der Waals surface area contributed by atoms with Crippen molar-refractivity contribution >= 4 is 41.0 Å². The highest BCUT2D eigenvalue weighted by Gasteiger charge is 2.10. The quantitative estimate of drug-likeness (QED) is 0.290. The SMILES string of the molecule is C=CC(=O)Nc1ccccc1Nc1nc(Nc2cc(C=O)ccc2C)ncc1C.N#N. The number of hydrogen-bond donors (Lipinski definition) is 3. The zero-order valence-electron chi connectivity index (χ0n) is 17.1. The Hall–Kier alpha value is -4.58. The van der Waals surface area contributed by atoms with Gasteiger partial charge in [-0.05, 0) is 43.7 Å². The Morgan fingerprint density at radius 3 is 2.39 bits per heavy atom. The average Bonchev–Trinajstić information content (AvgIpc) is 2.80. The fraction of sp³-hybridized carbons (Fsp3) is 0.0909. The van der Waals surface area contributed by atoms with Gasteiger partial charge in [0.25, 0.3) is 0 Å². The van der Waals surface area contributed by atoms with Crippen LogP contribution in [0, 0.1) is 24.6 Å². The van der Waals surface area contributed by atoms with Gasteiger partial charge in [-0.25, -0.2) is 4.98 Å². The summed E-state index contributed by atoms with van der Waals surface area (Å²) < 4.78 is 0. The minimum atomic E-state index is -0.299. The van der Waals surface area contributed by atoms with Gasteiger partial charge >= 0.3 is 0 Å². The maximum Gasteiger partial charge on any atom is 0.247 e. The van der Waals surface area contributed by atoms with Crippen LogP contribution in [0.4, 0.5) is 28.8 Å². The van der Waals surface area contributed by atoms with Gasteiger partial charge in [-0.1, -0.05) is 30.8 Å². The van der Waals surface area contributed by atoms with E-state index in [-0.39, 0.29) is 5.91 Å². The van der Waals surface area contributed by atoms with E-state index in [1.165, 1.54) is 6.08 Å². The highest BCUT2D eigenvalue weighted by atomic mass is 16.1. The molecule has 0 fully saturated rings. The number of carbonyl (C=O) groups excluding carboxylic acids is 2. The normalized spacial score (nSPS) is 9.55. The van der Waals surface area contributed by atoms with Crippen LogP contribution in [-0.4, -0.2) is 22.2 Å². The molecule has 0 aliphatic rings. The second kappa shape index (κ2) is 10.8. The van der Waals surface area contributed by atoms with E-state index in [1.807, 2.05) is 38.1 Å². The number of para-hydroxylation sites is 2. The number of nitrogens with one attached hydrogen (secondary N) is 3. The number of benzene rings is 2. The maximum atomic E-state index is 11.7. The summed E-state index contributed by atoms with van der Waals surface area (Å²) >= 11 is 0. The van der Waals surface area contributed by atoms with E-state index in [9.17, 15) is 9.59 Å². The van der Waals surface area contributed by atoms with Gasteiger partial charge in [0.1, 0.15) is 12.1 Å². The number of aldehydes is 1. The van der Waals surface area contributed by atoms with Crippen molar-refractivity contribution in [3.05, 3.63) is 78.0 Å². The van der Waals surface area contributed by atoms with Gasteiger partial charge < -0.3 is 16.0 Å². The zero-order valence-corrected chi connectivity index (χ0v) is 17.1. The third-order valence-corrected chi connectivity index (χ3v) is 4.24. The lowest BCUT2D eigenvalue weighted by atomic mass is 10.1. The van der Waals surface area contributed by atoms with Gasteiger partial charge in [0, 0.05) is 33.8 Å². The van der Waals surface area contributed by atoms with E-state index in [0.717, 1.165) is 23.1 Å². The van der Waals surface area contributed by atoms with Gasteiger partial charge in [-0.15, -0.1) is 0 Å². The maximum absolute atomic E-state index is 11.7. The van der Waals surface area contributed by atoms with E-state index < -0.39 is 0 Å². The highest BCUT2D eigenvalue weighted by molar-refractivity contribution is 6.01. The molecule has 0 saturated carbocycles. The van der Waals surface area contributed by atoms with Crippen LogP contribution in [0.15, 0.2) is 61.3 Å². The van der Waals surface area contributed by atoms with Crippen molar-refractivity contribution in [2.24, 2.45) is 0 Å². The molecule has 0 aliphatic heterocycles. The van der Waals surface area contributed by atoms with Crippen LogP contribution < -0.4 is 16.0 Å². The smallest absolute Gasteiger partial charge is 0.247 e. The number of nitrogens with zero attached hydrogens (tertiary/aromatic N) is 4. The Balaban J connectivity index is 0.00000166. The summed E-state index contributed by atoms with van der Waals surface area (Å²) in [5.41, 5.74) is 4.41. The Kier molecular flexibility index (Phi) is 7.93. The molecule has 3 aromatic rings. The number of carbonyl (C=O) groups is 2. The first-order valence-corrected chi connectivity index (χ1v) is 9.16. The Bertz CT molecular complexity index is 1130. The van der Waals surface area contributed by atoms with E-state index in [0.29, 0.717) is 28.7 Å². The van der Waals surface area contributed by atoms with Crippen LogP contribution in [0.1, 0.15) is 21.5 Å². The molecule has 0 bridgehead atoms. The second-order valence-electron chi connectivity index (χ2n) is 6.41. The predicted octanol–water partition coefficient (Wildman–Crippen LogP) is 4.55. The fourth-order valence-electron chi connectivity index (χ4n) is 2.61. The Labute approximate surface area is 179 Å². The molecule has 3 N–H and O–H groups in total. The van der Waals surface area contributed by atoms with Crippen LogP contribution in [0.2, 0.25) is 0 Å². The van der Waals surface area contributed by atoms with Crippen LogP contribution in [0.5, 0.6) is 0 Å². The molecule has 9 nitrogen and oxygen atoms in total. The first kappa shape index (κ1) is 22.7. The summed E-state index contributed by atoms with van der Waals surface area (Å²) in [5, 5.41) is 21.2. The van der Waals surface area contributed by atoms with Gasteiger partial charge in [-0.2, -0.15) is 4.98 Å². The first-order chi connectivity index (χ1) is 15.0. The molecule has 0 atom stereocenters. The number of aromatic nitrogens is 2. The second-order valence-corrected chi connectivity index (χ2v) is 6.41. The molecule has 156 valence electrons. The average molecular weight is 415 g/mol. The lowest BCUT2D eigenvalue weighted by molar-refractivity contribution is -0.111. The number of amides is 1. The number of anilines is 5. The third kappa shape index (κ3) is 5.95. The standard InChI is InChI=1S/C22H21N5O2.N2/c1-4-20(29)24-17-7-5-6-8-18(17)25-21-15(3)12-23-22(27-21)26-19-11-16(13-28)10-9-14(19)2;1-2/h4-13H,1H2,2-3H3,(H,24,29)(H2,23,25,26,27);. The predicted molar refractivity (Wildman–Crippen MR) is 119 cm³/mol. The molecule has 1 aromatic heterocycles. The van der Waals surface area contributed by atoms with E-state index in [1.54, 1.807) is 24.4 Å². The summed E-state index contributed by atoms with van der Waals surface area (Å²) in [7, 11) is 0. The molecule has 1 amide bonds. The molecule has 0 radical (unpaired) electrons. The van der Waals surface area contributed by atoms with Crippen LogP contribution in [0.3, 0.4) is 0 Å². The minimum absolute atomic E-state index is 0.299. The van der Waals surface area contributed by atoms with Crippen molar-refractivity contribution in [3.8, 4) is 0 Å². The van der Waals surface area contributed by atoms with Crippen LogP contribution in [0.25, 0.3) is 0 Å². The summed E-state index contributed by atoms with van der Waals surface area (Å²) in [6.07, 6.45) is 3.70. The van der Waals surface area contributed by atoms with Gasteiger partial charge in [0.05, 0.1) is 11.4 Å². The monoisotopic (exact) mass is 415 g/mol. The Morgan fingerprint density at radius 2 is 1.71 bits per heavy atom. The van der Waals surface area contributed by atoms with Crippen molar-refractivity contribution in [1.29, 1.82) is 10.8 Å². The summed E-state index contributed by atoms with van der Waals surface area (Å²) in [5.74, 6) is 0.676. The van der Waals surface area contributed by atoms with Gasteiger partial charge in [0.15, 0.2) is 0 Å². The summed E-state index contributed by atoms with van der Waals surface area (Å²) in [4.78, 5) is 31.6. The van der Waals surface area contributed by atoms with Crippen LogP contribution in [-0.2, 0) is 4.79 Å². The van der Waals surface area contributed by atoms with Crippen molar-refractivity contribution in [1.82, 2.24) is 9.97 Å². The number of hydrogen-bond acceptors (Lipinski definition) is 8. The third-order valence-electron chi connectivity index (χ3n) is 4.24. The van der Waals surface area contributed by atoms with Gasteiger partial charge in [0.2, 0.25) is 11.9 Å². The largest absolute Gasteiger partial charge is 0.338 e. The molecule has 0 unspecified atom stereocenters. The molecule has 0 spiro atoms. The number of rotatable bonds is 7. The Morgan fingerprint density at radius 1 is 1.00 bits per heavy atom. The van der Waals surface area contributed by atoms with E-state index in [4.69, 9.17) is 10.8 Å². The molecule has 2 aromatic carbocycles. The summed E-state index contributed by atoms with van der Waals surface area (Å²) in [6, 6.07) is 12.7. The van der Waals surface area contributed by atoms with E-state index in [2.05, 4.69) is 32.5 Å². The molecule has 1 heterocycles. The van der Waals surface area contributed by atoms with Crippen LogP contribution >= 0.6 is 0 Å². The highest BCUT2D eigenvalue weighted by Crippen LogP contribution is 2.27. The van der Waals surface area contributed by atoms with Crippen molar-refractivity contribution < 1.29 is 9.59 Å². The molecule has 0 saturated heterocycles. The zero-order chi connectivity index (χ0) is 22.8. The molecule has 9 heteroatoms. The van der Waals surface area contributed by atoms with Crippen molar-refractivity contribution in [2.75, 3.05) is 16.0 Å². The van der Waals surface area contributed by atoms with E-state index >= 15 is 0 Å². The van der Waals surface area contributed by atoms with Crippen molar-refractivity contribution in [3.63, 3.8) is 0 Å². The van der Waals surface area contributed by atoms with Gasteiger partial charge in [-0.3, -0.25) is 9.59 Å². The topological polar surface area (TPSA) is 144 Å².